The molecule has 0 spiro atoms. The standard InChI is InChI=1S/C32H27N7O/c1-3-4-14-29-33-24-17-15-22(32-34-25-12-8-9-13-28(25)40-32)19-27(24)39(29)26-18-16-23(21-10-6-5-7-11-21)30(20(26)2)31-35-37-38-36-31/h5-13,15-19H,3-4,14H2,1-2H3,(H,35,36,37,38). The molecule has 4 aromatic carbocycles. The van der Waals surface area contributed by atoms with E-state index >= 15 is 0 Å². The smallest absolute Gasteiger partial charge is 0.227 e. The maximum absolute atomic E-state index is 6.11. The van der Waals surface area contributed by atoms with Crippen LogP contribution in [-0.2, 0) is 6.42 Å². The van der Waals surface area contributed by atoms with E-state index in [0.29, 0.717) is 11.7 Å². The van der Waals surface area contributed by atoms with Gasteiger partial charge < -0.3 is 4.42 Å². The van der Waals surface area contributed by atoms with Crippen LogP contribution in [0.25, 0.3) is 61.8 Å². The number of aromatic nitrogens is 7. The Morgan fingerprint density at radius 1 is 0.850 bits per heavy atom. The van der Waals surface area contributed by atoms with Gasteiger partial charge in [0, 0.05) is 17.5 Å². The Kier molecular flexibility index (Phi) is 5.92. The average Bonchev–Trinajstić information content (AvgIpc) is 3.75. The molecule has 40 heavy (non-hydrogen) atoms. The second-order valence-electron chi connectivity index (χ2n) is 9.91. The predicted octanol–water partition coefficient (Wildman–Crippen LogP) is 7.33. The molecule has 196 valence electrons. The summed E-state index contributed by atoms with van der Waals surface area (Å²) >= 11 is 0. The van der Waals surface area contributed by atoms with Gasteiger partial charge >= 0.3 is 0 Å². The highest BCUT2D eigenvalue weighted by Gasteiger charge is 2.21. The van der Waals surface area contributed by atoms with Crippen molar-refractivity contribution in [3.63, 3.8) is 0 Å². The number of fused-ring (bicyclic) bond motifs is 2. The van der Waals surface area contributed by atoms with Crippen molar-refractivity contribution in [3.05, 3.63) is 96.3 Å². The number of hydrogen-bond acceptors (Lipinski definition) is 6. The Morgan fingerprint density at radius 3 is 2.50 bits per heavy atom. The summed E-state index contributed by atoms with van der Waals surface area (Å²) in [6.07, 6.45) is 2.99. The van der Waals surface area contributed by atoms with Crippen molar-refractivity contribution in [3.8, 4) is 39.7 Å². The van der Waals surface area contributed by atoms with Gasteiger partial charge in [0.25, 0.3) is 0 Å². The van der Waals surface area contributed by atoms with Crippen molar-refractivity contribution >= 4 is 22.1 Å². The summed E-state index contributed by atoms with van der Waals surface area (Å²) in [6, 6.07) is 28.7. The molecule has 1 N–H and O–H groups in total. The number of nitrogens with zero attached hydrogens (tertiary/aromatic N) is 6. The van der Waals surface area contributed by atoms with Gasteiger partial charge in [0.1, 0.15) is 11.3 Å². The molecule has 0 bridgehead atoms. The molecule has 0 aliphatic heterocycles. The maximum Gasteiger partial charge on any atom is 0.227 e. The lowest BCUT2D eigenvalue weighted by atomic mass is 9.94. The molecule has 8 heteroatoms. The van der Waals surface area contributed by atoms with E-state index in [1.807, 2.05) is 48.5 Å². The lowest BCUT2D eigenvalue weighted by molar-refractivity contribution is 0.620. The van der Waals surface area contributed by atoms with Crippen molar-refractivity contribution in [2.75, 3.05) is 0 Å². The molecule has 0 saturated heterocycles. The third-order valence-electron chi connectivity index (χ3n) is 7.36. The largest absolute Gasteiger partial charge is 0.436 e. The normalized spacial score (nSPS) is 11.6. The predicted molar refractivity (Wildman–Crippen MR) is 156 cm³/mol. The Balaban J connectivity index is 1.46. The zero-order valence-electron chi connectivity index (χ0n) is 22.3. The van der Waals surface area contributed by atoms with Crippen LogP contribution in [0.2, 0.25) is 0 Å². The molecule has 0 radical (unpaired) electrons. The molecule has 0 atom stereocenters. The number of tetrazole rings is 1. The molecule has 0 amide bonds. The van der Waals surface area contributed by atoms with E-state index in [1.165, 1.54) is 0 Å². The van der Waals surface area contributed by atoms with Crippen molar-refractivity contribution in [2.45, 2.75) is 33.1 Å². The number of benzene rings is 4. The molecule has 3 aromatic heterocycles. The highest BCUT2D eigenvalue weighted by Crippen LogP contribution is 2.38. The average molecular weight is 526 g/mol. The van der Waals surface area contributed by atoms with Crippen LogP contribution in [0.15, 0.2) is 89.3 Å². The van der Waals surface area contributed by atoms with E-state index in [1.54, 1.807) is 0 Å². The van der Waals surface area contributed by atoms with Crippen LogP contribution in [0.5, 0.6) is 0 Å². The van der Waals surface area contributed by atoms with Gasteiger partial charge in [0.05, 0.1) is 16.7 Å². The number of para-hydroxylation sites is 2. The third kappa shape index (κ3) is 4.05. The van der Waals surface area contributed by atoms with Crippen LogP contribution in [0.4, 0.5) is 0 Å². The minimum atomic E-state index is 0.593. The summed E-state index contributed by atoms with van der Waals surface area (Å²) in [4.78, 5) is 9.82. The Morgan fingerprint density at radius 2 is 1.70 bits per heavy atom. The molecule has 0 saturated carbocycles. The monoisotopic (exact) mass is 525 g/mol. The number of hydrogen-bond donors (Lipinski definition) is 1. The van der Waals surface area contributed by atoms with Crippen molar-refractivity contribution in [2.24, 2.45) is 0 Å². The molecular weight excluding hydrogens is 498 g/mol. The van der Waals surface area contributed by atoms with E-state index in [-0.39, 0.29) is 0 Å². The van der Waals surface area contributed by atoms with Crippen LogP contribution in [0, 0.1) is 6.92 Å². The topological polar surface area (TPSA) is 98.3 Å². The number of aryl methyl sites for hydroxylation is 1. The summed E-state index contributed by atoms with van der Waals surface area (Å²) in [5, 5.41) is 15.1. The fourth-order valence-corrected chi connectivity index (χ4v) is 5.40. The lowest BCUT2D eigenvalue weighted by Gasteiger charge is -2.18. The van der Waals surface area contributed by atoms with Crippen LogP contribution < -0.4 is 0 Å². The fraction of sp³-hybridized carbons (Fsp3) is 0.156. The first kappa shape index (κ1) is 24.0. The van der Waals surface area contributed by atoms with Gasteiger partial charge in [-0.15, -0.1) is 5.10 Å². The quantitative estimate of drug-likeness (QED) is 0.234. The van der Waals surface area contributed by atoms with E-state index in [9.17, 15) is 0 Å². The molecule has 3 heterocycles. The molecule has 0 aliphatic carbocycles. The zero-order valence-corrected chi connectivity index (χ0v) is 22.3. The summed E-state index contributed by atoms with van der Waals surface area (Å²) in [6.45, 7) is 4.33. The number of nitrogens with one attached hydrogen (secondary N) is 1. The number of imidazole rings is 1. The van der Waals surface area contributed by atoms with E-state index in [0.717, 1.165) is 80.7 Å². The van der Waals surface area contributed by atoms with Gasteiger partial charge in [-0.1, -0.05) is 61.9 Å². The zero-order chi connectivity index (χ0) is 27.1. The van der Waals surface area contributed by atoms with E-state index in [2.05, 4.69) is 75.4 Å². The van der Waals surface area contributed by atoms with Crippen molar-refractivity contribution in [1.82, 2.24) is 35.2 Å². The minimum Gasteiger partial charge on any atom is -0.436 e. The van der Waals surface area contributed by atoms with Gasteiger partial charge in [0.2, 0.25) is 5.89 Å². The van der Waals surface area contributed by atoms with Crippen LogP contribution in [0.3, 0.4) is 0 Å². The highest BCUT2D eigenvalue weighted by atomic mass is 16.3. The molecule has 8 nitrogen and oxygen atoms in total. The Labute approximate surface area is 230 Å². The third-order valence-corrected chi connectivity index (χ3v) is 7.36. The van der Waals surface area contributed by atoms with Gasteiger partial charge in [-0.05, 0) is 76.9 Å². The van der Waals surface area contributed by atoms with Gasteiger partial charge in [-0.3, -0.25) is 4.57 Å². The van der Waals surface area contributed by atoms with E-state index < -0.39 is 0 Å². The second kappa shape index (κ2) is 9.89. The second-order valence-corrected chi connectivity index (χ2v) is 9.91. The van der Waals surface area contributed by atoms with Crippen molar-refractivity contribution in [1.29, 1.82) is 0 Å². The molecule has 7 aromatic rings. The summed E-state index contributed by atoms with van der Waals surface area (Å²) < 4.78 is 8.38. The fourth-order valence-electron chi connectivity index (χ4n) is 5.40. The number of oxazole rings is 1. The summed E-state index contributed by atoms with van der Waals surface area (Å²) in [7, 11) is 0. The summed E-state index contributed by atoms with van der Waals surface area (Å²) in [5.74, 6) is 2.24. The first-order chi connectivity index (χ1) is 19.7. The van der Waals surface area contributed by atoms with Crippen molar-refractivity contribution < 1.29 is 4.42 Å². The van der Waals surface area contributed by atoms with Gasteiger partial charge in [-0.2, -0.15) is 0 Å². The van der Waals surface area contributed by atoms with Crippen LogP contribution in [-0.4, -0.2) is 35.2 Å². The molecule has 7 rings (SSSR count). The number of aromatic amines is 1. The maximum atomic E-state index is 6.11. The SMILES string of the molecule is CCCCc1nc2ccc(-c3nc4ccccc4o3)cc2n1-c1ccc(-c2ccccc2)c(-c2nnn[nH]2)c1C. The van der Waals surface area contributed by atoms with E-state index in [4.69, 9.17) is 14.4 Å². The minimum absolute atomic E-state index is 0.593. The first-order valence-electron chi connectivity index (χ1n) is 13.5. The number of unbranched alkanes of at least 4 members (excludes halogenated alkanes) is 1. The van der Waals surface area contributed by atoms with Crippen LogP contribution >= 0.6 is 0 Å². The number of rotatable bonds is 7. The Hall–Kier alpha value is -5.11. The van der Waals surface area contributed by atoms with Gasteiger partial charge in [0.15, 0.2) is 11.4 Å². The molecular formula is C32H27N7O. The summed E-state index contributed by atoms with van der Waals surface area (Å²) in [5.41, 5.74) is 9.68. The highest BCUT2D eigenvalue weighted by molar-refractivity contribution is 5.88. The Bertz CT molecular complexity index is 1920. The molecule has 0 aliphatic rings. The van der Waals surface area contributed by atoms with Crippen LogP contribution in [0.1, 0.15) is 31.2 Å². The molecule has 0 fully saturated rings. The first-order valence-corrected chi connectivity index (χ1v) is 13.5. The van der Waals surface area contributed by atoms with Gasteiger partial charge in [-0.25, -0.2) is 15.1 Å². The molecule has 0 unspecified atom stereocenters. The number of H-pyrrole nitrogens is 1. The lowest BCUT2D eigenvalue weighted by Crippen LogP contribution is -2.05.